The second kappa shape index (κ2) is 6.55. The number of carbonyl (C=O) groups excluding carboxylic acids is 1. The van der Waals surface area contributed by atoms with Gasteiger partial charge in [-0.2, -0.15) is 11.8 Å². The Balaban J connectivity index is 2.41. The molecule has 2 atom stereocenters. The minimum atomic E-state index is -0.104. The lowest BCUT2D eigenvalue weighted by Gasteiger charge is -2.17. The fraction of sp³-hybridized carbons (Fsp3) is 0.417. The van der Waals surface area contributed by atoms with Crippen LogP contribution in [-0.2, 0) is 10.5 Å². The molecule has 1 rings (SSSR count). The van der Waals surface area contributed by atoms with Crippen LogP contribution in [0.5, 0.6) is 0 Å². The number of rotatable bonds is 5. The fourth-order valence-electron chi connectivity index (χ4n) is 1.29. The molecule has 0 radical (unpaired) electrons. The summed E-state index contributed by atoms with van der Waals surface area (Å²) in [5.41, 5.74) is 3.47. The lowest BCUT2D eigenvalue weighted by atomic mass is 10.1. The largest absolute Gasteiger partial charge is 0.294 e. The monoisotopic (exact) mass is 238 g/mol. The van der Waals surface area contributed by atoms with E-state index >= 15 is 0 Å². The molecule has 88 valence electrons. The van der Waals surface area contributed by atoms with Gasteiger partial charge in [-0.1, -0.05) is 44.2 Å². The van der Waals surface area contributed by atoms with Crippen LogP contribution in [0.3, 0.4) is 0 Å². The molecule has 0 aliphatic carbocycles. The van der Waals surface area contributed by atoms with E-state index in [0.717, 1.165) is 5.75 Å². The van der Waals surface area contributed by atoms with Crippen LogP contribution < -0.4 is 11.3 Å². The lowest BCUT2D eigenvalue weighted by Crippen LogP contribution is -2.38. The molecule has 0 aliphatic rings. The van der Waals surface area contributed by atoms with Crippen molar-refractivity contribution in [3.05, 3.63) is 35.9 Å². The van der Waals surface area contributed by atoms with E-state index in [-0.39, 0.29) is 17.1 Å². The molecule has 0 saturated carbocycles. The standard InChI is InChI=1S/C12H18N2OS/c1-9(12(15)14-13)10(2)16-8-11-6-4-3-5-7-11/h3-7,9-10H,8,13H2,1-2H3,(H,14,15). The van der Waals surface area contributed by atoms with Crippen molar-refractivity contribution in [2.24, 2.45) is 11.8 Å². The van der Waals surface area contributed by atoms with Gasteiger partial charge in [0.15, 0.2) is 0 Å². The van der Waals surface area contributed by atoms with Crippen molar-refractivity contribution in [3.8, 4) is 0 Å². The maximum atomic E-state index is 11.3. The highest BCUT2D eigenvalue weighted by Crippen LogP contribution is 2.23. The second-order valence-corrected chi connectivity index (χ2v) is 5.16. The van der Waals surface area contributed by atoms with Crippen LogP contribution in [0.4, 0.5) is 0 Å². The SMILES string of the molecule is CC(SCc1ccccc1)C(C)C(=O)NN. The van der Waals surface area contributed by atoms with Gasteiger partial charge in [0.25, 0.3) is 0 Å². The number of nitrogens with one attached hydrogen (secondary N) is 1. The van der Waals surface area contributed by atoms with Crippen LogP contribution in [0, 0.1) is 5.92 Å². The molecule has 1 aromatic carbocycles. The molecular formula is C12H18N2OS. The zero-order valence-electron chi connectivity index (χ0n) is 9.64. The summed E-state index contributed by atoms with van der Waals surface area (Å²) in [6, 6.07) is 10.2. The molecule has 0 spiro atoms. The molecule has 0 aliphatic heterocycles. The van der Waals surface area contributed by atoms with Gasteiger partial charge in [-0.05, 0) is 5.56 Å². The van der Waals surface area contributed by atoms with Crippen LogP contribution in [0.2, 0.25) is 0 Å². The molecule has 3 nitrogen and oxygen atoms in total. The Morgan fingerprint density at radius 1 is 1.38 bits per heavy atom. The summed E-state index contributed by atoms with van der Waals surface area (Å²) in [4.78, 5) is 11.3. The highest BCUT2D eigenvalue weighted by atomic mass is 32.2. The van der Waals surface area contributed by atoms with Crippen molar-refractivity contribution < 1.29 is 4.79 Å². The minimum absolute atomic E-state index is 0.0706. The van der Waals surface area contributed by atoms with E-state index in [9.17, 15) is 4.79 Å². The first-order chi connectivity index (χ1) is 7.65. The predicted molar refractivity (Wildman–Crippen MR) is 68.7 cm³/mol. The Bertz CT molecular complexity index is 329. The Morgan fingerprint density at radius 2 is 2.00 bits per heavy atom. The normalized spacial score (nSPS) is 14.2. The van der Waals surface area contributed by atoms with Gasteiger partial charge in [-0.3, -0.25) is 10.2 Å². The number of amides is 1. The number of benzene rings is 1. The van der Waals surface area contributed by atoms with E-state index in [2.05, 4.69) is 17.6 Å². The summed E-state index contributed by atoms with van der Waals surface area (Å²) in [5, 5.41) is 0.253. The van der Waals surface area contributed by atoms with Crippen LogP contribution in [0.15, 0.2) is 30.3 Å². The molecule has 0 aromatic heterocycles. The zero-order chi connectivity index (χ0) is 12.0. The molecular weight excluding hydrogens is 220 g/mol. The van der Waals surface area contributed by atoms with Crippen LogP contribution in [0.25, 0.3) is 0 Å². The first-order valence-electron chi connectivity index (χ1n) is 5.31. The molecule has 2 unspecified atom stereocenters. The molecule has 16 heavy (non-hydrogen) atoms. The van der Waals surface area contributed by atoms with Crippen molar-refractivity contribution in [2.75, 3.05) is 0 Å². The molecule has 3 N–H and O–H groups in total. The van der Waals surface area contributed by atoms with Crippen LogP contribution >= 0.6 is 11.8 Å². The number of nitrogens with two attached hydrogens (primary N) is 1. The van der Waals surface area contributed by atoms with Crippen molar-refractivity contribution in [1.82, 2.24) is 5.43 Å². The van der Waals surface area contributed by atoms with Gasteiger partial charge < -0.3 is 0 Å². The Hall–Kier alpha value is -1.00. The third kappa shape index (κ3) is 3.87. The van der Waals surface area contributed by atoms with Crippen molar-refractivity contribution in [1.29, 1.82) is 0 Å². The van der Waals surface area contributed by atoms with E-state index in [4.69, 9.17) is 5.84 Å². The van der Waals surface area contributed by atoms with Crippen LogP contribution in [-0.4, -0.2) is 11.2 Å². The molecule has 4 heteroatoms. The number of thioether (sulfide) groups is 1. The number of hydrogen-bond acceptors (Lipinski definition) is 3. The van der Waals surface area contributed by atoms with Gasteiger partial charge in [0.05, 0.1) is 0 Å². The first kappa shape index (κ1) is 13.1. The van der Waals surface area contributed by atoms with E-state index in [1.54, 1.807) is 11.8 Å². The smallest absolute Gasteiger partial charge is 0.237 e. The summed E-state index contributed by atoms with van der Waals surface area (Å²) in [7, 11) is 0. The van der Waals surface area contributed by atoms with Gasteiger partial charge >= 0.3 is 0 Å². The lowest BCUT2D eigenvalue weighted by molar-refractivity contribution is -0.124. The van der Waals surface area contributed by atoms with Gasteiger partial charge in [0.2, 0.25) is 5.91 Å². The third-order valence-electron chi connectivity index (χ3n) is 2.62. The van der Waals surface area contributed by atoms with Gasteiger partial charge in [-0.25, -0.2) is 5.84 Å². The Labute approximate surface area is 101 Å². The Morgan fingerprint density at radius 3 is 2.56 bits per heavy atom. The zero-order valence-corrected chi connectivity index (χ0v) is 10.5. The Kier molecular flexibility index (Phi) is 5.35. The highest BCUT2D eigenvalue weighted by Gasteiger charge is 2.19. The number of hydrazine groups is 1. The molecule has 0 saturated heterocycles. The van der Waals surface area contributed by atoms with Gasteiger partial charge in [0.1, 0.15) is 0 Å². The molecule has 1 amide bonds. The quantitative estimate of drug-likeness (QED) is 0.468. The van der Waals surface area contributed by atoms with E-state index < -0.39 is 0 Å². The van der Waals surface area contributed by atoms with E-state index in [0.29, 0.717) is 0 Å². The first-order valence-corrected chi connectivity index (χ1v) is 6.36. The predicted octanol–water partition coefficient (Wildman–Crippen LogP) is 1.93. The maximum Gasteiger partial charge on any atom is 0.237 e. The van der Waals surface area contributed by atoms with E-state index in [1.165, 1.54) is 5.56 Å². The second-order valence-electron chi connectivity index (χ2n) is 3.80. The van der Waals surface area contributed by atoms with E-state index in [1.807, 2.05) is 32.0 Å². The number of carbonyl (C=O) groups is 1. The summed E-state index contributed by atoms with van der Waals surface area (Å²) in [6.45, 7) is 3.94. The fourth-order valence-corrected chi connectivity index (χ4v) is 2.35. The average Bonchev–Trinajstić information content (AvgIpc) is 2.35. The summed E-state index contributed by atoms with van der Waals surface area (Å²) < 4.78 is 0. The molecule has 0 fully saturated rings. The third-order valence-corrected chi connectivity index (χ3v) is 4.05. The molecule has 0 heterocycles. The molecule has 1 aromatic rings. The topological polar surface area (TPSA) is 55.1 Å². The van der Waals surface area contributed by atoms with Gasteiger partial charge in [-0.15, -0.1) is 0 Å². The molecule has 0 bridgehead atoms. The average molecular weight is 238 g/mol. The highest BCUT2D eigenvalue weighted by molar-refractivity contribution is 7.99. The minimum Gasteiger partial charge on any atom is -0.294 e. The maximum absolute atomic E-state index is 11.3. The van der Waals surface area contributed by atoms with Crippen molar-refractivity contribution >= 4 is 17.7 Å². The van der Waals surface area contributed by atoms with Crippen molar-refractivity contribution in [2.45, 2.75) is 24.9 Å². The van der Waals surface area contributed by atoms with Gasteiger partial charge in [0, 0.05) is 16.9 Å². The summed E-state index contributed by atoms with van der Waals surface area (Å²) in [5.74, 6) is 5.86. The van der Waals surface area contributed by atoms with Crippen LogP contribution in [0.1, 0.15) is 19.4 Å². The summed E-state index contributed by atoms with van der Waals surface area (Å²) >= 11 is 1.76. The van der Waals surface area contributed by atoms with Crippen molar-refractivity contribution in [3.63, 3.8) is 0 Å². The summed E-state index contributed by atoms with van der Waals surface area (Å²) in [6.07, 6.45) is 0. The number of hydrogen-bond donors (Lipinski definition) is 2.